The molecule has 0 aromatic heterocycles. The highest BCUT2D eigenvalue weighted by Gasteiger charge is 2.31. The van der Waals surface area contributed by atoms with E-state index in [4.69, 9.17) is 9.47 Å². The second-order valence-corrected chi connectivity index (χ2v) is 4.78. The van der Waals surface area contributed by atoms with E-state index in [-0.39, 0.29) is 12.5 Å². The lowest BCUT2D eigenvalue weighted by Crippen LogP contribution is -2.51. The van der Waals surface area contributed by atoms with Gasteiger partial charge in [-0.2, -0.15) is 0 Å². The van der Waals surface area contributed by atoms with Crippen LogP contribution in [0, 0.1) is 0 Å². The van der Waals surface area contributed by atoms with Crippen LogP contribution in [0.4, 0.5) is 4.79 Å². The van der Waals surface area contributed by atoms with Crippen LogP contribution < -0.4 is 0 Å². The number of amides is 2. The SMILES string of the molecule is CCCOC(=O)C(C)N(C)C(=O)C(C)N(C)C(=O)OCC. The Morgan fingerprint density at radius 2 is 1.52 bits per heavy atom. The molecule has 2 unspecified atom stereocenters. The zero-order valence-electron chi connectivity index (χ0n) is 13.7. The van der Waals surface area contributed by atoms with Gasteiger partial charge in [0, 0.05) is 14.1 Å². The number of hydrogen-bond acceptors (Lipinski definition) is 5. The topological polar surface area (TPSA) is 76.2 Å². The van der Waals surface area contributed by atoms with E-state index in [2.05, 4.69) is 0 Å². The molecule has 0 fully saturated rings. The van der Waals surface area contributed by atoms with Crippen LogP contribution in [0.15, 0.2) is 0 Å². The number of likely N-dealkylation sites (N-methyl/N-ethyl adjacent to an activating group) is 2. The largest absolute Gasteiger partial charge is 0.464 e. The van der Waals surface area contributed by atoms with Crippen LogP contribution in [0.5, 0.6) is 0 Å². The van der Waals surface area contributed by atoms with Crippen molar-refractivity contribution in [1.82, 2.24) is 9.80 Å². The number of ether oxygens (including phenoxy) is 2. The summed E-state index contributed by atoms with van der Waals surface area (Å²) in [6.45, 7) is 7.31. The Bertz CT molecular complexity index is 372. The molecule has 0 aromatic carbocycles. The monoisotopic (exact) mass is 302 g/mol. The van der Waals surface area contributed by atoms with Crippen LogP contribution in [0.1, 0.15) is 34.1 Å². The number of hydrogen-bond donors (Lipinski definition) is 0. The van der Waals surface area contributed by atoms with Gasteiger partial charge in [-0.05, 0) is 27.2 Å². The molecule has 0 saturated heterocycles. The van der Waals surface area contributed by atoms with Gasteiger partial charge in [-0.1, -0.05) is 6.92 Å². The molecule has 21 heavy (non-hydrogen) atoms. The van der Waals surface area contributed by atoms with Gasteiger partial charge in [-0.25, -0.2) is 9.59 Å². The summed E-state index contributed by atoms with van der Waals surface area (Å²) in [5, 5.41) is 0. The second kappa shape index (κ2) is 9.20. The first-order valence-corrected chi connectivity index (χ1v) is 7.10. The minimum atomic E-state index is -0.726. The quantitative estimate of drug-likeness (QED) is 0.662. The van der Waals surface area contributed by atoms with Gasteiger partial charge < -0.3 is 14.4 Å². The molecule has 122 valence electrons. The van der Waals surface area contributed by atoms with Crippen molar-refractivity contribution >= 4 is 18.0 Å². The van der Waals surface area contributed by atoms with E-state index in [0.29, 0.717) is 6.61 Å². The van der Waals surface area contributed by atoms with Crippen LogP contribution in [0.3, 0.4) is 0 Å². The molecule has 0 aliphatic carbocycles. The Morgan fingerprint density at radius 1 is 0.952 bits per heavy atom. The maximum atomic E-state index is 12.3. The lowest BCUT2D eigenvalue weighted by molar-refractivity contribution is -0.154. The number of carbonyl (C=O) groups is 3. The van der Waals surface area contributed by atoms with Crippen molar-refractivity contribution < 1.29 is 23.9 Å². The van der Waals surface area contributed by atoms with Crippen LogP contribution >= 0.6 is 0 Å². The summed E-state index contributed by atoms with van der Waals surface area (Å²) in [6.07, 6.45) is 0.144. The zero-order chi connectivity index (χ0) is 16.6. The maximum Gasteiger partial charge on any atom is 0.410 e. The molecule has 0 bridgehead atoms. The van der Waals surface area contributed by atoms with Crippen LogP contribution in [-0.4, -0.2) is 67.2 Å². The molecule has 2 amide bonds. The first kappa shape index (κ1) is 19.2. The van der Waals surface area contributed by atoms with Gasteiger partial charge in [0.25, 0.3) is 0 Å². The van der Waals surface area contributed by atoms with Crippen molar-refractivity contribution in [2.75, 3.05) is 27.3 Å². The summed E-state index contributed by atoms with van der Waals surface area (Å²) in [7, 11) is 2.99. The Morgan fingerprint density at radius 3 is 2.00 bits per heavy atom. The number of nitrogens with zero attached hydrogens (tertiary/aromatic N) is 2. The number of rotatable bonds is 7. The van der Waals surface area contributed by atoms with Crippen LogP contribution in [0.25, 0.3) is 0 Å². The summed E-state index contributed by atoms with van der Waals surface area (Å²) in [6, 6.07) is -1.43. The fraction of sp³-hybridized carbons (Fsp3) is 0.786. The molecule has 0 N–H and O–H groups in total. The fourth-order valence-corrected chi connectivity index (χ4v) is 1.52. The van der Waals surface area contributed by atoms with Crippen molar-refractivity contribution in [3.8, 4) is 0 Å². The lowest BCUT2D eigenvalue weighted by atomic mass is 10.2. The Balaban J connectivity index is 4.67. The first-order chi connectivity index (χ1) is 9.77. The minimum Gasteiger partial charge on any atom is -0.464 e. The predicted octanol–water partition coefficient (Wildman–Crippen LogP) is 1.26. The molecule has 0 rings (SSSR count). The molecule has 0 aromatic rings. The summed E-state index contributed by atoms with van der Waals surface area (Å²) >= 11 is 0. The standard InChI is InChI=1S/C14H26N2O5/c1-7-9-21-13(18)11(4)15(5)12(17)10(3)16(6)14(19)20-8-2/h10-11H,7-9H2,1-6H3. The van der Waals surface area contributed by atoms with E-state index >= 15 is 0 Å². The Labute approximate surface area is 126 Å². The van der Waals surface area contributed by atoms with Gasteiger partial charge in [0.15, 0.2) is 0 Å². The van der Waals surface area contributed by atoms with Crippen molar-refractivity contribution in [3.63, 3.8) is 0 Å². The van der Waals surface area contributed by atoms with Crippen molar-refractivity contribution in [2.45, 2.75) is 46.2 Å². The Hall–Kier alpha value is -1.79. The molecule has 2 atom stereocenters. The molecule has 7 nitrogen and oxygen atoms in total. The molecule has 0 spiro atoms. The van der Waals surface area contributed by atoms with Gasteiger partial charge in [-0.3, -0.25) is 9.69 Å². The zero-order valence-corrected chi connectivity index (χ0v) is 13.7. The molecule has 0 saturated carbocycles. The van der Waals surface area contributed by atoms with Crippen LogP contribution in [0.2, 0.25) is 0 Å². The third-order valence-electron chi connectivity index (χ3n) is 3.21. The lowest BCUT2D eigenvalue weighted by Gasteiger charge is -2.30. The van der Waals surface area contributed by atoms with Gasteiger partial charge in [-0.15, -0.1) is 0 Å². The minimum absolute atomic E-state index is 0.236. The van der Waals surface area contributed by atoms with Crippen molar-refractivity contribution in [1.29, 1.82) is 0 Å². The highest BCUT2D eigenvalue weighted by atomic mass is 16.6. The van der Waals surface area contributed by atoms with E-state index in [9.17, 15) is 14.4 Å². The van der Waals surface area contributed by atoms with E-state index in [1.165, 1.54) is 23.9 Å². The molecule has 7 heteroatoms. The summed E-state index contributed by atoms with van der Waals surface area (Å²) in [4.78, 5) is 38.1. The smallest absolute Gasteiger partial charge is 0.410 e. The summed E-state index contributed by atoms with van der Waals surface area (Å²) in [5.41, 5.74) is 0. The summed E-state index contributed by atoms with van der Waals surface area (Å²) in [5.74, 6) is -0.815. The molecular weight excluding hydrogens is 276 g/mol. The molecule has 0 heterocycles. The van der Waals surface area contributed by atoms with E-state index in [0.717, 1.165) is 6.42 Å². The number of carbonyl (C=O) groups excluding carboxylic acids is 3. The van der Waals surface area contributed by atoms with Gasteiger partial charge >= 0.3 is 12.1 Å². The normalized spacial score (nSPS) is 13.0. The highest BCUT2D eigenvalue weighted by Crippen LogP contribution is 2.07. The van der Waals surface area contributed by atoms with Gasteiger partial charge in [0.1, 0.15) is 12.1 Å². The van der Waals surface area contributed by atoms with Gasteiger partial charge in [0.05, 0.1) is 13.2 Å². The third kappa shape index (κ3) is 5.61. The summed E-state index contributed by atoms with van der Waals surface area (Å²) < 4.78 is 9.85. The van der Waals surface area contributed by atoms with Crippen LogP contribution in [-0.2, 0) is 19.1 Å². The molecule has 0 aliphatic rings. The first-order valence-electron chi connectivity index (χ1n) is 7.10. The van der Waals surface area contributed by atoms with E-state index in [1.54, 1.807) is 20.8 Å². The highest BCUT2D eigenvalue weighted by molar-refractivity contribution is 5.89. The number of esters is 1. The maximum absolute atomic E-state index is 12.3. The predicted molar refractivity (Wildman–Crippen MR) is 77.7 cm³/mol. The second-order valence-electron chi connectivity index (χ2n) is 4.78. The third-order valence-corrected chi connectivity index (χ3v) is 3.21. The Kier molecular flexibility index (Phi) is 8.42. The molecule has 0 aliphatic heterocycles. The molecular formula is C14H26N2O5. The van der Waals surface area contributed by atoms with E-state index in [1.807, 2.05) is 6.92 Å². The van der Waals surface area contributed by atoms with Crippen molar-refractivity contribution in [2.24, 2.45) is 0 Å². The molecule has 0 radical (unpaired) electrons. The van der Waals surface area contributed by atoms with E-state index < -0.39 is 24.1 Å². The van der Waals surface area contributed by atoms with Gasteiger partial charge in [0.2, 0.25) is 5.91 Å². The average Bonchev–Trinajstić information content (AvgIpc) is 2.48. The fourth-order valence-electron chi connectivity index (χ4n) is 1.52. The van der Waals surface area contributed by atoms with Crippen molar-refractivity contribution in [3.05, 3.63) is 0 Å². The average molecular weight is 302 g/mol.